The van der Waals surface area contributed by atoms with E-state index in [0.29, 0.717) is 47.9 Å². The van der Waals surface area contributed by atoms with E-state index >= 15 is 0 Å². The number of halogens is 1. The van der Waals surface area contributed by atoms with E-state index in [9.17, 15) is 14.6 Å². The Kier molecular flexibility index (Phi) is 9.16. The highest BCUT2D eigenvalue weighted by Gasteiger charge is 2.19. The first kappa shape index (κ1) is 28.4. The van der Waals surface area contributed by atoms with Crippen LogP contribution in [0.3, 0.4) is 0 Å². The molecule has 0 fully saturated rings. The maximum Gasteiger partial charge on any atom is 0.219 e. The van der Waals surface area contributed by atoms with Gasteiger partial charge in [-0.3, -0.25) is 4.40 Å². The molecular weight excluding hydrogens is 535 g/mol. The molecule has 2 aromatic heterocycles. The minimum Gasteiger partial charge on any atom is -0.508 e. The van der Waals surface area contributed by atoms with Crippen LogP contribution in [-0.4, -0.2) is 37.7 Å². The number of benzene rings is 3. The lowest BCUT2D eigenvalue weighted by atomic mass is 10.1. The van der Waals surface area contributed by atoms with E-state index in [-0.39, 0.29) is 23.8 Å². The zero-order valence-electron chi connectivity index (χ0n) is 23.0. The number of nitrogens with zero attached hydrogens (tertiary/aromatic N) is 6. The third-order valence-corrected chi connectivity index (χ3v) is 6.94. The van der Waals surface area contributed by atoms with Crippen molar-refractivity contribution in [3.05, 3.63) is 118 Å². The number of aromatic nitrogens is 3. The number of aromatic hydroxyl groups is 2. The number of unbranched alkanes of at least 4 members (excludes halogenated alkanes) is 3. The number of rotatable bonds is 13. The molecular formula is C32H31FN6O3. The van der Waals surface area contributed by atoms with Crippen LogP contribution in [0.4, 0.5) is 4.39 Å². The molecule has 214 valence electrons. The Morgan fingerprint density at radius 1 is 0.857 bits per heavy atom. The van der Waals surface area contributed by atoms with Crippen molar-refractivity contribution in [2.75, 3.05) is 13.2 Å². The van der Waals surface area contributed by atoms with E-state index in [1.807, 2.05) is 30.3 Å². The molecule has 2 N–H and O–H groups in total. The van der Waals surface area contributed by atoms with Gasteiger partial charge in [-0.25, -0.2) is 14.4 Å². The van der Waals surface area contributed by atoms with E-state index in [2.05, 4.69) is 10.0 Å². The molecule has 10 heteroatoms. The first-order valence-corrected chi connectivity index (χ1v) is 13.9. The Morgan fingerprint density at radius 3 is 2.38 bits per heavy atom. The maximum absolute atomic E-state index is 14.9. The summed E-state index contributed by atoms with van der Waals surface area (Å²) in [5, 5.41) is 24.4. The molecule has 0 aliphatic rings. The topological polar surface area (TPSA) is 129 Å². The average molecular weight is 567 g/mol. The SMILES string of the molecule is [N-]=[N+]=NCCCCCCOc1ccc(Cc2nc3c(Cc4ccccc4)nc(-c4ccc(O)cc4)cn3c2O)cc1F. The van der Waals surface area contributed by atoms with E-state index < -0.39 is 5.82 Å². The van der Waals surface area contributed by atoms with Gasteiger partial charge in [0.2, 0.25) is 5.88 Å². The molecule has 3 aromatic carbocycles. The lowest BCUT2D eigenvalue weighted by molar-refractivity contribution is 0.290. The van der Waals surface area contributed by atoms with E-state index in [0.717, 1.165) is 36.8 Å². The summed E-state index contributed by atoms with van der Waals surface area (Å²) < 4.78 is 22.1. The van der Waals surface area contributed by atoms with Crippen LogP contribution in [0.1, 0.15) is 48.2 Å². The zero-order chi connectivity index (χ0) is 29.3. The van der Waals surface area contributed by atoms with Crippen LogP contribution in [0.25, 0.3) is 27.3 Å². The Balaban J connectivity index is 1.35. The number of azide groups is 1. The molecule has 0 aliphatic carbocycles. The van der Waals surface area contributed by atoms with Gasteiger partial charge >= 0.3 is 0 Å². The summed E-state index contributed by atoms with van der Waals surface area (Å²) >= 11 is 0. The average Bonchev–Trinajstić information content (AvgIpc) is 3.31. The molecule has 0 saturated heterocycles. The van der Waals surface area contributed by atoms with Gasteiger partial charge in [-0.05, 0) is 65.9 Å². The second kappa shape index (κ2) is 13.5. The van der Waals surface area contributed by atoms with Crippen molar-refractivity contribution in [3.8, 4) is 28.6 Å². The summed E-state index contributed by atoms with van der Waals surface area (Å²) in [6.07, 6.45) is 5.86. The van der Waals surface area contributed by atoms with Crippen molar-refractivity contribution in [3.63, 3.8) is 0 Å². The summed E-state index contributed by atoms with van der Waals surface area (Å²) in [6, 6.07) is 21.4. The highest BCUT2D eigenvalue weighted by atomic mass is 19.1. The fraction of sp³-hybridized carbons (Fsp3) is 0.250. The predicted molar refractivity (Wildman–Crippen MR) is 158 cm³/mol. The summed E-state index contributed by atoms with van der Waals surface area (Å²) in [5.41, 5.74) is 13.0. The number of fused-ring (bicyclic) bond motifs is 1. The molecule has 0 atom stereocenters. The molecule has 0 aliphatic heterocycles. The molecule has 5 rings (SSSR count). The smallest absolute Gasteiger partial charge is 0.219 e. The van der Waals surface area contributed by atoms with Gasteiger partial charge in [-0.2, -0.15) is 0 Å². The molecule has 42 heavy (non-hydrogen) atoms. The number of ether oxygens (including phenoxy) is 1. The highest BCUT2D eigenvalue weighted by Crippen LogP contribution is 2.30. The predicted octanol–water partition coefficient (Wildman–Crippen LogP) is 7.38. The second-order valence-corrected chi connectivity index (χ2v) is 10.0. The van der Waals surface area contributed by atoms with Gasteiger partial charge in [0.05, 0.1) is 18.0 Å². The largest absolute Gasteiger partial charge is 0.508 e. The lowest BCUT2D eigenvalue weighted by Gasteiger charge is -2.09. The zero-order valence-corrected chi connectivity index (χ0v) is 23.0. The van der Waals surface area contributed by atoms with Gasteiger partial charge < -0.3 is 14.9 Å². The first-order valence-electron chi connectivity index (χ1n) is 13.9. The summed E-state index contributed by atoms with van der Waals surface area (Å²) in [6.45, 7) is 0.880. The Morgan fingerprint density at radius 2 is 1.62 bits per heavy atom. The van der Waals surface area contributed by atoms with Crippen LogP contribution in [0.2, 0.25) is 0 Å². The van der Waals surface area contributed by atoms with Crippen LogP contribution in [-0.2, 0) is 12.8 Å². The third-order valence-electron chi connectivity index (χ3n) is 6.94. The molecule has 9 nitrogen and oxygen atoms in total. The van der Waals surface area contributed by atoms with Crippen LogP contribution in [0.15, 0.2) is 84.1 Å². The Labute approximate surface area is 242 Å². The lowest BCUT2D eigenvalue weighted by Crippen LogP contribution is -2.01. The van der Waals surface area contributed by atoms with Gasteiger partial charge in [0, 0.05) is 36.1 Å². The fourth-order valence-corrected chi connectivity index (χ4v) is 4.77. The van der Waals surface area contributed by atoms with Crippen LogP contribution in [0.5, 0.6) is 17.4 Å². The number of imidazole rings is 1. The fourth-order valence-electron chi connectivity index (χ4n) is 4.77. The van der Waals surface area contributed by atoms with Gasteiger partial charge in [0.25, 0.3) is 0 Å². The molecule has 0 bridgehead atoms. The van der Waals surface area contributed by atoms with Crippen molar-refractivity contribution in [2.24, 2.45) is 5.11 Å². The van der Waals surface area contributed by atoms with E-state index in [1.165, 1.54) is 6.07 Å². The molecule has 5 aromatic rings. The third kappa shape index (κ3) is 6.97. The quantitative estimate of drug-likeness (QED) is 0.0665. The van der Waals surface area contributed by atoms with Crippen LogP contribution >= 0.6 is 0 Å². The Bertz CT molecular complexity index is 1700. The first-order chi connectivity index (χ1) is 20.5. The molecule has 0 spiro atoms. The number of hydrogen-bond donors (Lipinski definition) is 2. The monoisotopic (exact) mass is 566 g/mol. The normalized spacial score (nSPS) is 11.0. The van der Waals surface area contributed by atoms with E-state index in [4.69, 9.17) is 20.2 Å². The Hall–Kier alpha value is -5.08. The molecule has 0 unspecified atom stereocenters. The molecule has 0 radical (unpaired) electrons. The minimum atomic E-state index is -0.472. The summed E-state index contributed by atoms with van der Waals surface area (Å²) in [4.78, 5) is 12.3. The van der Waals surface area contributed by atoms with Crippen molar-refractivity contribution < 1.29 is 19.3 Å². The van der Waals surface area contributed by atoms with Crippen molar-refractivity contribution in [2.45, 2.75) is 38.5 Å². The van der Waals surface area contributed by atoms with Gasteiger partial charge in [0.1, 0.15) is 11.4 Å². The van der Waals surface area contributed by atoms with Crippen molar-refractivity contribution in [1.29, 1.82) is 0 Å². The second-order valence-electron chi connectivity index (χ2n) is 10.0. The molecule has 0 amide bonds. The van der Waals surface area contributed by atoms with Gasteiger partial charge in [-0.15, -0.1) is 0 Å². The van der Waals surface area contributed by atoms with Crippen LogP contribution < -0.4 is 4.74 Å². The van der Waals surface area contributed by atoms with Crippen molar-refractivity contribution >= 4 is 5.65 Å². The summed E-state index contributed by atoms with van der Waals surface area (Å²) in [5.74, 6) is -0.178. The highest BCUT2D eigenvalue weighted by molar-refractivity contribution is 5.64. The van der Waals surface area contributed by atoms with Crippen LogP contribution in [0, 0.1) is 5.82 Å². The standard InChI is InChI=1S/C32H31FN6O3/c33-26-18-23(10-15-30(26)42-17-7-2-1-6-16-35-38-34)20-28-32(41)39-21-29(24-11-13-25(40)14-12-24)36-27(31(39)37-28)19-22-8-4-3-5-9-22/h3-5,8-15,18,21,40-41H,1-2,6-7,16-17,19-20H2. The van der Waals surface area contributed by atoms with Crippen molar-refractivity contribution in [1.82, 2.24) is 14.4 Å². The minimum absolute atomic E-state index is 0.0389. The number of phenols is 1. The number of phenolic OH excluding ortho intramolecular Hbond substituents is 1. The van der Waals surface area contributed by atoms with Gasteiger partial charge in [0.15, 0.2) is 17.2 Å². The molecule has 2 heterocycles. The van der Waals surface area contributed by atoms with Gasteiger partial charge in [-0.1, -0.05) is 54.4 Å². The number of hydrogen-bond acceptors (Lipinski definition) is 6. The maximum atomic E-state index is 14.9. The summed E-state index contributed by atoms with van der Waals surface area (Å²) in [7, 11) is 0. The molecule has 0 saturated carbocycles. The van der Waals surface area contributed by atoms with E-state index in [1.54, 1.807) is 47.0 Å².